The van der Waals surface area contributed by atoms with Gasteiger partial charge < -0.3 is 15.3 Å². The number of hydrogen-bond acceptors (Lipinski definition) is 6. The summed E-state index contributed by atoms with van der Waals surface area (Å²) >= 11 is 0. The molecule has 0 amide bonds. The highest BCUT2D eigenvalue weighted by Gasteiger charge is 2.44. The maximum atomic E-state index is 14.1. The van der Waals surface area contributed by atoms with Gasteiger partial charge in [0.1, 0.15) is 6.07 Å². The van der Waals surface area contributed by atoms with Crippen molar-refractivity contribution < 1.29 is 18.7 Å². The number of rotatable bonds is 5. The molecule has 7 nitrogen and oxygen atoms in total. The summed E-state index contributed by atoms with van der Waals surface area (Å²) in [6.07, 6.45) is -0.317. The van der Waals surface area contributed by atoms with Gasteiger partial charge in [-0.25, -0.2) is 23.5 Å². The van der Waals surface area contributed by atoms with Gasteiger partial charge >= 0.3 is 5.97 Å². The molecule has 1 fully saturated rings. The number of nitrogens with one attached hydrogen (secondary N) is 1. The Labute approximate surface area is 189 Å². The van der Waals surface area contributed by atoms with Crippen LogP contribution in [0.25, 0.3) is 11.0 Å². The molecule has 0 aliphatic carbocycles. The zero-order valence-electron chi connectivity index (χ0n) is 18.4. The molecular formula is C24H23F2N5O2. The van der Waals surface area contributed by atoms with Crippen LogP contribution in [0.2, 0.25) is 0 Å². The van der Waals surface area contributed by atoms with Crippen LogP contribution in [0.3, 0.4) is 0 Å². The summed E-state index contributed by atoms with van der Waals surface area (Å²) in [7, 11) is 0. The van der Waals surface area contributed by atoms with Crippen LogP contribution in [0.15, 0.2) is 36.4 Å². The molecule has 1 saturated heterocycles. The van der Waals surface area contributed by atoms with E-state index in [1.807, 2.05) is 26.0 Å². The van der Waals surface area contributed by atoms with Crippen molar-refractivity contribution in [2.75, 3.05) is 16.8 Å². The molecule has 3 aromatic rings. The molecule has 0 bridgehead atoms. The lowest BCUT2D eigenvalue weighted by atomic mass is 10.0. The van der Waals surface area contributed by atoms with Gasteiger partial charge in [0.2, 0.25) is 0 Å². The van der Waals surface area contributed by atoms with E-state index in [-0.39, 0.29) is 29.5 Å². The van der Waals surface area contributed by atoms with Crippen LogP contribution < -0.4 is 10.2 Å². The predicted molar refractivity (Wildman–Crippen MR) is 121 cm³/mol. The minimum Gasteiger partial charge on any atom is -0.478 e. The average Bonchev–Trinajstić information content (AvgIpc) is 3.04. The molecule has 1 aromatic heterocycles. The summed E-state index contributed by atoms with van der Waals surface area (Å²) in [5, 5.41) is 22.4. The largest absolute Gasteiger partial charge is 0.478 e. The van der Waals surface area contributed by atoms with Gasteiger partial charge in [-0.3, -0.25) is 0 Å². The van der Waals surface area contributed by atoms with E-state index in [0.29, 0.717) is 16.7 Å². The third-order valence-corrected chi connectivity index (χ3v) is 5.83. The number of halogens is 2. The average molecular weight is 451 g/mol. The van der Waals surface area contributed by atoms with E-state index in [0.717, 1.165) is 11.1 Å². The van der Waals surface area contributed by atoms with Crippen molar-refractivity contribution in [2.45, 2.75) is 45.2 Å². The van der Waals surface area contributed by atoms with E-state index in [2.05, 4.69) is 15.3 Å². The summed E-state index contributed by atoms with van der Waals surface area (Å²) < 4.78 is 28.1. The van der Waals surface area contributed by atoms with Crippen LogP contribution in [0.4, 0.5) is 20.3 Å². The first-order valence-electron chi connectivity index (χ1n) is 10.6. The molecule has 170 valence electrons. The number of aromatic nitrogens is 2. The minimum absolute atomic E-state index is 0.000403. The normalized spacial score (nSPS) is 18.2. The second-order valence-corrected chi connectivity index (χ2v) is 8.48. The van der Waals surface area contributed by atoms with Gasteiger partial charge in [-0.05, 0) is 44.5 Å². The highest BCUT2D eigenvalue weighted by atomic mass is 19.3. The zero-order chi connectivity index (χ0) is 23.9. The maximum Gasteiger partial charge on any atom is 0.337 e. The topological polar surface area (TPSA) is 102 Å². The summed E-state index contributed by atoms with van der Waals surface area (Å²) in [4.78, 5) is 22.1. The number of nitrogens with zero attached hydrogens (tertiary/aromatic N) is 4. The van der Waals surface area contributed by atoms with Crippen LogP contribution in [-0.4, -0.2) is 39.6 Å². The van der Waals surface area contributed by atoms with E-state index < -0.39 is 24.5 Å². The Bertz CT molecular complexity index is 1290. The number of nitriles is 1. The van der Waals surface area contributed by atoms with Crippen LogP contribution in [0.1, 0.15) is 53.5 Å². The SMILES string of the molecule is Cc1cc([C@@H](C)Nc2ccccc2C(=O)O)c2nc(N3CC(F)(F)CC3C)c(C#N)nc2c1. The molecule has 1 aliphatic rings. The van der Waals surface area contributed by atoms with Gasteiger partial charge in [-0.1, -0.05) is 18.2 Å². The van der Waals surface area contributed by atoms with Crippen molar-refractivity contribution in [3.63, 3.8) is 0 Å². The number of carbonyl (C=O) groups is 1. The van der Waals surface area contributed by atoms with Crippen molar-refractivity contribution in [1.29, 1.82) is 5.26 Å². The molecular weight excluding hydrogens is 428 g/mol. The first-order chi connectivity index (χ1) is 15.6. The molecule has 33 heavy (non-hydrogen) atoms. The molecule has 2 N–H and O–H groups in total. The Kier molecular flexibility index (Phi) is 5.62. The van der Waals surface area contributed by atoms with Crippen molar-refractivity contribution in [3.8, 4) is 6.07 Å². The number of hydrogen-bond donors (Lipinski definition) is 2. The highest BCUT2D eigenvalue weighted by molar-refractivity contribution is 5.94. The van der Waals surface area contributed by atoms with E-state index in [1.165, 1.54) is 11.0 Å². The summed E-state index contributed by atoms with van der Waals surface area (Å²) in [6.45, 7) is 4.89. The molecule has 0 saturated carbocycles. The van der Waals surface area contributed by atoms with Crippen molar-refractivity contribution >= 4 is 28.5 Å². The standard InChI is InChI=1S/C24H23F2N5O2/c1-13-8-17(15(3)28-18-7-5-4-6-16(18)23(32)33)21-19(9-13)29-20(11-27)22(30-21)31-12-24(25,26)10-14(31)2/h4-9,14-15,28H,10,12H2,1-3H3,(H,32,33)/t14?,15-/m1/s1. The Morgan fingerprint density at radius 2 is 2.06 bits per heavy atom. The summed E-state index contributed by atoms with van der Waals surface area (Å²) in [5.74, 6) is -3.78. The number of benzene rings is 2. The van der Waals surface area contributed by atoms with E-state index in [9.17, 15) is 23.9 Å². The smallest absolute Gasteiger partial charge is 0.337 e. The lowest BCUT2D eigenvalue weighted by Crippen LogP contribution is -2.30. The van der Waals surface area contributed by atoms with Crippen LogP contribution >= 0.6 is 0 Å². The number of aromatic carboxylic acids is 1. The molecule has 0 radical (unpaired) electrons. The van der Waals surface area contributed by atoms with Gasteiger partial charge in [-0.2, -0.15) is 5.26 Å². The minimum atomic E-state index is -2.87. The molecule has 2 aromatic carbocycles. The predicted octanol–water partition coefficient (Wildman–Crippen LogP) is 4.92. The molecule has 2 heterocycles. The Morgan fingerprint density at radius 3 is 2.70 bits per heavy atom. The van der Waals surface area contributed by atoms with Gasteiger partial charge in [0.25, 0.3) is 5.92 Å². The van der Waals surface area contributed by atoms with Gasteiger partial charge in [0.05, 0.1) is 29.2 Å². The van der Waals surface area contributed by atoms with E-state index in [4.69, 9.17) is 0 Å². The molecule has 9 heteroatoms. The maximum absolute atomic E-state index is 14.1. The number of carboxylic acid groups (broad SMARTS) is 1. The summed E-state index contributed by atoms with van der Waals surface area (Å²) in [6, 6.07) is 11.4. The van der Waals surface area contributed by atoms with E-state index >= 15 is 0 Å². The Balaban J connectivity index is 1.82. The van der Waals surface area contributed by atoms with Crippen LogP contribution in [-0.2, 0) is 0 Å². The quantitative estimate of drug-likeness (QED) is 0.568. The fourth-order valence-electron chi connectivity index (χ4n) is 4.33. The summed E-state index contributed by atoms with van der Waals surface area (Å²) in [5.41, 5.74) is 3.14. The van der Waals surface area contributed by atoms with Crippen molar-refractivity contribution in [1.82, 2.24) is 9.97 Å². The fourth-order valence-corrected chi connectivity index (χ4v) is 4.33. The third-order valence-electron chi connectivity index (χ3n) is 5.83. The number of alkyl halides is 2. The number of carboxylic acids is 1. The molecule has 1 aliphatic heterocycles. The lowest BCUT2D eigenvalue weighted by molar-refractivity contribution is 0.0229. The lowest BCUT2D eigenvalue weighted by Gasteiger charge is -2.24. The molecule has 2 atom stereocenters. The molecule has 1 unspecified atom stereocenters. The molecule has 0 spiro atoms. The van der Waals surface area contributed by atoms with Crippen LogP contribution in [0, 0.1) is 18.3 Å². The van der Waals surface area contributed by atoms with E-state index in [1.54, 1.807) is 31.2 Å². The molecule has 4 rings (SSSR count). The second kappa shape index (κ2) is 8.28. The third kappa shape index (κ3) is 4.29. The van der Waals surface area contributed by atoms with Gasteiger partial charge in [0.15, 0.2) is 11.5 Å². The van der Waals surface area contributed by atoms with Gasteiger partial charge in [-0.15, -0.1) is 0 Å². The monoisotopic (exact) mass is 451 g/mol. The van der Waals surface area contributed by atoms with Crippen molar-refractivity contribution in [3.05, 3.63) is 58.8 Å². The number of anilines is 2. The number of para-hydroxylation sites is 1. The number of fused-ring (bicyclic) bond motifs is 1. The van der Waals surface area contributed by atoms with Gasteiger partial charge in [0, 0.05) is 23.7 Å². The first-order valence-corrected chi connectivity index (χ1v) is 10.6. The van der Waals surface area contributed by atoms with Crippen molar-refractivity contribution in [2.24, 2.45) is 0 Å². The highest BCUT2D eigenvalue weighted by Crippen LogP contribution is 2.37. The fraction of sp³-hybridized carbons (Fsp3) is 0.333. The van der Waals surface area contributed by atoms with Crippen LogP contribution in [0.5, 0.6) is 0 Å². The Morgan fingerprint density at radius 1 is 1.33 bits per heavy atom. The Hall–Kier alpha value is -3.80. The zero-order valence-corrected chi connectivity index (χ0v) is 18.4. The first kappa shape index (κ1) is 22.4. The number of aryl methyl sites for hydroxylation is 1. The second-order valence-electron chi connectivity index (χ2n) is 8.48.